The Bertz CT molecular complexity index is 232. The smallest absolute Gasteiger partial charge is 0.238 e. The second-order valence-corrected chi connectivity index (χ2v) is 4.98. The molecule has 0 spiro atoms. The van der Waals surface area contributed by atoms with Crippen LogP contribution >= 0.6 is 0 Å². The summed E-state index contributed by atoms with van der Waals surface area (Å²) >= 11 is 0. The van der Waals surface area contributed by atoms with E-state index >= 15 is 0 Å². The predicted molar refractivity (Wildman–Crippen MR) is 65.5 cm³/mol. The highest BCUT2D eigenvalue weighted by atomic mass is 16.2. The fourth-order valence-corrected chi connectivity index (χ4v) is 2.54. The first-order valence-corrected chi connectivity index (χ1v) is 6.34. The van der Waals surface area contributed by atoms with Crippen molar-refractivity contribution >= 4 is 5.91 Å². The van der Waals surface area contributed by atoms with Gasteiger partial charge in [-0.25, -0.2) is 5.84 Å². The standard InChI is InChI=1S/C12H25N3O/c1-4-5-11-6-7-15(8-11)10(3)9(2)12(16)14-13/h9-11H,4-8,13H2,1-3H3,(H,14,16). The van der Waals surface area contributed by atoms with E-state index in [0.717, 1.165) is 19.0 Å². The Balaban J connectivity index is 2.43. The Morgan fingerprint density at radius 2 is 2.25 bits per heavy atom. The molecule has 0 radical (unpaired) electrons. The second kappa shape index (κ2) is 6.21. The topological polar surface area (TPSA) is 58.4 Å². The predicted octanol–water partition coefficient (Wildman–Crippen LogP) is 1.12. The summed E-state index contributed by atoms with van der Waals surface area (Å²) in [7, 11) is 0. The van der Waals surface area contributed by atoms with E-state index in [2.05, 4.69) is 24.2 Å². The van der Waals surface area contributed by atoms with Crippen LogP contribution in [0.4, 0.5) is 0 Å². The first-order chi connectivity index (χ1) is 7.60. The quantitative estimate of drug-likeness (QED) is 0.420. The van der Waals surface area contributed by atoms with Crippen molar-refractivity contribution in [2.75, 3.05) is 13.1 Å². The van der Waals surface area contributed by atoms with Crippen LogP contribution in [0.25, 0.3) is 0 Å². The summed E-state index contributed by atoms with van der Waals surface area (Å²) in [6, 6.07) is 0.283. The van der Waals surface area contributed by atoms with Gasteiger partial charge in [0.1, 0.15) is 0 Å². The number of hydrogen-bond donors (Lipinski definition) is 2. The van der Waals surface area contributed by atoms with E-state index in [-0.39, 0.29) is 17.9 Å². The van der Waals surface area contributed by atoms with Gasteiger partial charge in [0.05, 0.1) is 5.92 Å². The Hall–Kier alpha value is -0.610. The number of nitrogens with two attached hydrogens (primary N) is 1. The lowest BCUT2D eigenvalue weighted by Gasteiger charge is -2.28. The van der Waals surface area contributed by atoms with Crippen LogP contribution in [-0.4, -0.2) is 29.9 Å². The maximum absolute atomic E-state index is 11.5. The van der Waals surface area contributed by atoms with Gasteiger partial charge in [0.25, 0.3) is 0 Å². The van der Waals surface area contributed by atoms with Gasteiger partial charge in [0.2, 0.25) is 5.91 Å². The summed E-state index contributed by atoms with van der Waals surface area (Å²) < 4.78 is 0. The van der Waals surface area contributed by atoms with E-state index in [4.69, 9.17) is 5.84 Å². The summed E-state index contributed by atoms with van der Waals surface area (Å²) in [4.78, 5) is 13.9. The number of rotatable bonds is 5. The van der Waals surface area contributed by atoms with Crippen LogP contribution in [-0.2, 0) is 4.79 Å². The number of nitrogens with one attached hydrogen (secondary N) is 1. The molecule has 0 aromatic rings. The van der Waals surface area contributed by atoms with Crippen LogP contribution in [0.2, 0.25) is 0 Å². The van der Waals surface area contributed by atoms with E-state index in [1.54, 1.807) is 0 Å². The molecule has 4 heteroatoms. The van der Waals surface area contributed by atoms with Crippen molar-refractivity contribution in [3.8, 4) is 0 Å². The molecule has 1 saturated heterocycles. The molecule has 4 nitrogen and oxygen atoms in total. The van der Waals surface area contributed by atoms with Crippen LogP contribution in [0, 0.1) is 11.8 Å². The van der Waals surface area contributed by atoms with Gasteiger partial charge < -0.3 is 0 Å². The Kier molecular flexibility index (Phi) is 5.22. The van der Waals surface area contributed by atoms with E-state index < -0.39 is 0 Å². The van der Waals surface area contributed by atoms with Crippen molar-refractivity contribution in [1.29, 1.82) is 0 Å². The van der Waals surface area contributed by atoms with Crippen molar-refractivity contribution in [2.45, 2.75) is 46.1 Å². The minimum atomic E-state index is -0.0635. The third-order valence-corrected chi connectivity index (χ3v) is 3.87. The number of carbonyl (C=O) groups excluding carboxylic acids is 1. The molecule has 1 amide bonds. The van der Waals surface area contributed by atoms with Gasteiger partial charge in [-0.1, -0.05) is 20.3 Å². The van der Waals surface area contributed by atoms with Crippen LogP contribution in [0.1, 0.15) is 40.0 Å². The van der Waals surface area contributed by atoms with Crippen LogP contribution in [0.15, 0.2) is 0 Å². The largest absolute Gasteiger partial charge is 0.300 e. The van der Waals surface area contributed by atoms with E-state index in [1.165, 1.54) is 19.3 Å². The summed E-state index contributed by atoms with van der Waals surface area (Å²) in [5.74, 6) is 5.89. The Morgan fingerprint density at radius 1 is 1.56 bits per heavy atom. The normalized spacial score (nSPS) is 25.4. The highest BCUT2D eigenvalue weighted by Gasteiger charge is 2.30. The molecule has 0 aliphatic carbocycles. The highest BCUT2D eigenvalue weighted by Crippen LogP contribution is 2.25. The lowest BCUT2D eigenvalue weighted by atomic mass is 10.0. The third kappa shape index (κ3) is 3.19. The van der Waals surface area contributed by atoms with Gasteiger partial charge >= 0.3 is 0 Å². The number of carbonyl (C=O) groups is 1. The van der Waals surface area contributed by atoms with Crippen LogP contribution in [0.5, 0.6) is 0 Å². The fraction of sp³-hybridized carbons (Fsp3) is 0.917. The van der Waals surface area contributed by atoms with Gasteiger partial charge in [0, 0.05) is 12.6 Å². The lowest BCUT2D eigenvalue weighted by Crippen LogP contribution is -2.45. The molecule has 16 heavy (non-hydrogen) atoms. The highest BCUT2D eigenvalue weighted by molar-refractivity contribution is 5.78. The molecule has 1 rings (SSSR count). The molecule has 1 fully saturated rings. The summed E-state index contributed by atoms with van der Waals surface area (Å²) in [5, 5.41) is 0. The van der Waals surface area contributed by atoms with Gasteiger partial charge in [-0.3, -0.25) is 15.1 Å². The molecule has 3 unspecified atom stereocenters. The van der Waals surface area contributed by atoms with Gasteiger partial charge in [-0.05, 0) is 32.2 Å². The molecule has 3 atom stereocenters. The Morgan fingerprint density at radius 3 is 2.81 bits per heavy atom. The first-order valence-electron chi connectivity index (χ1n) is 6.34. The molecule has 1 heterocycles. The maximum Gasteiger partial charge on any atom is 0.238 e. The average molecular weight is 227 g/mol. The second-order valence-electron chi connectivity index (χ2n) is 4.98. The molecule has 1 aliphatic heterocycles. The summed E-state index contributed by atoms with van der Waals surface area (Å²) in [6.07, 6.45) is 3.83. The van der Waals surface area contributed by atoms with Crippen LogP contribution < -0.4 is 11.3 Å². The van der Waals surface area contributed by atoms with Crippen LogP contribution in [0.3, 0.4) is 0 Å². The molecule has 0 saturated carbocycles. The van der Waals surface area contributed by atoms with Gasteiger partial charge in [-0.15, -0.1) is 0 Å². The lowest BCUT2D eigenvalue weighted by molar-refractivity contribution is -0.126. The number of likely N-dealkylation sites (tertiary alicyclic amines) is 1. The molecule has 0 bridgehead atoms. The van der Waals surface area contributed by atoms with Crippen molar-refractivity contribution in [3.05, 3.63) is 0 Å². The minimum Gasteiger partial charge on any atom is -0.300 e. The molecule has 0 aromatic carbocycles. The maximum atomic E-state index is 11.5. The van der Waals surface area contributed by atoms with E-state index in [1.807, 2.05) is 6.92 Å². The number of nitrogens with zero attached hydrogens (tertiary/aromatic N) is 1. The van der Waals surface area contributed by atoms with Gasteiger partial charge in [-0.2, -0.15) is 0 Å². The SMILES string of the molecule is CCCC1CCN(C(C)C(C)C(=O)NN)C1. The third-order valence-electron chi connectivity index (χ3n) is 3.87. The summed E-state index contributed by atoms with van der Waals surface area (Å²) in [6.45, 7) is 8.55. The molecule has 0 aromatic heterocycles. The van der Waals surface area contributed by atoms with Gasteiger partial charge in [0.15, 0.2) is 0 Å². The number of hydrogen-bond acceptors (Lipinski definition) is 3. The zero-order valence-electron chi connectivity index (χ0n) is 10.7. The minimum absolute atomic E-state index is 0.0367. The summed E-state index contributed by atoms with van der Waals surface area (Å²) in [5.41, 5.74) is 2.24. The first kappa shape index (κ1) is 13.5. The molecular weight excluding hydrogens is 202 g/mol. The average Bonchev–Trinajstić information content (AvgIpc) is 2.75. The zero-order valence-corrected chi connectivity index (χ0v) is 10.7. The molecule has 3 N–H and O–H groups in total. The van der Waals surface area contributed by atoms with E-state index in [0.29, 0.717) is 0 Å². The van der Waals surface area contributed by atoms with Crippen molar-refractivity contribution in [3.63, 3.8) is 0 Å². The molecular formula is C12H25N3O. The van der Waals surface area contributed by atoms with Crippen molar-refractivity contribution in [2.24, 2.45) is 17.7 Å². The van der Waals surface area contributed by atoms with Crippen molar-refractivity contribution < 1.29 is 4.79 Å². The zero-order chi connectivity index (χ0) is 12.1. The molecule has 1 aliphatic rings. The molecule has 94 valence electrons. The fourth-order valence-electron chi connectivity index (χ4n) is 2.54. The number of amides is 1. The number of hydrazine groups is 1. The Labute approximate surface area is 98.5 Å². The monoisotopic (exact) mass is 227 g/mol. The van der Waals surface area contributed by atoms with Crippen molar-refractivity contribution in [1.82, 2.24) is 10.3 Å². The van der Waals surface area contributed by atoms with E-state index in [9.17, 15) is 4.79 Å².